The lowest BCUT2D eigenvalue weighted by Gasteiger charge is -2.40. The van der Waals surface area contributed by atoms with Gasteiger partial charge in [-0.2, -0.15) is 0 Å². The standard InChI is InChI=1S/C19H25F2N7O2S/c1-12-13(9-26-31(2,29)30)4-3-7-28(12)18-8-15(24-11-25-18)16-10-23-17(27-16)6-5-14(22)19(20)21/h5-6,8,10-13,19,22,26H,3-4,7,9H2,1-2H3,(H,23,27)/b6-5-,22-14?. The van der Waals surface area contributed by atoms with Gasteiger partial charge in [-0.3, -0.25) is 5.41 Å². The number of aromatic nitrogens is 4. The van der Waals surface area contributed by atoms with Crippen LogP contribution in [0.15, 0.2) is 24.7 Å². The molecule has 0 bridgehead atoms. The smallest absolute Gasteiger partial charge is 0.279 e. The zero-order chi connectivity index (χ0) is 22.6. The van der Waals surface area contributed by atoms with Crippen LogP contribution in [0.1, 0.15) is 25.6 Å². The van der Waals surface area contributed by atoms with Gasteiger partial charge in [-0.25, -0.2) is 36.9 Å². The normalized spacial score (nSPS) is 20.0. The Labute approximate surface area is 179 Å². The molecule has 0 aromatic carbocycles. The fourth-order valence-corrected chi connectivity index (χ4v) is 4.04. The zero-order valence-electron chi connectivity index (χ0n) is 17.2. The van der Waals surface area contributed by atoms with Crippen LogP contribution in [0.2, 0.25) is 0 Å². The highest BCUT2D eigenvalue weighted by Gasteiger charge is 2.29. The van der Waals surface area contributed by atoms with E-state index in [9.17, 15) is 17.2 Å². The first-order valence-electron chi connectivity index (χ1n) is 9.77. The van der Waals surface area contributed by atoms with Crippen LogP contribution in [-0.2, 0) is 10.0 Å². The van der Waals surface area contributed by atoms with Crippen molar-refractivity contribution in [2.75, 3.05) is 24.2 Å². The molecule has 0 amide bonds. The van der Waals surface area contributed by atoms with Crippen LogP contribution in [-0.4, -0.2) is 65.9 Å². The van der Waals surface area contributed by atoms with Crippen molar-refractivity contribution in [3.05, 3.63) is 30.5 Å². The number of aromatic amines is 1. The SMILES string of the molecule is CC1C(CNS(C)(=O)=O)CCCN1c1cc(-c2cnc(/C=C\C(=N)C(F)F)[nH]2)ncn1. The van der Waals surface area contributed by atoms with E-state index in [-0.39, 0.29) is 12.0 Å². The summed E-state index contributed by atoms with van der Waals surface area (Å²) in [6.45, 7) is 3.21. The molecule has 12 heteroatoms. The molecule has 1 saturated heterocycles. The number of hydrogen-bond donors (Lipinski definition) is 3. The minimum Gasteiger partial charge on any atom is -0.353 e. The summed E-state index contributed by atoms with van der Waals surface area (Å²) in [4.78, 5) is 17.9. The van der Waals surface area contributed by atoms with E-state index in [1.165, 1.54) is 18.6 Å². The number of H-pyrrole nitrogens is 1. The van der Waals surface area contributed by atoms with Crippen molar-refractivity contribution in [3.63, 3.8) is 0 Å². The average Bonchev–Trinajstić information content (AvgIpc) is 3.20. The van der Waals surface area contributed by atoms with Gasteiger partial charge < -0.3 is 9.88 Å². The number of imidazole rings is 1. The molecule has 3 rings (SSSR count). The lowest BCUT2D eigenvalue weighted by molar-refractivity contribution is 0.226. The molecule has 1 fully saturated rings. The van der Waals surface area contributed by atoms with Gasteiger partial charge in [0.2, 0.25) is 10.0 Å². The molecule has 3 heterocycles. The Kier molecular flexibility index (Phi) is 7.11. The molecule has 2 unspecified atom stereocenters. The maximum Gasteiger partial charge on any atom is 0.279 e. The number of nitrogens with zero attached hydrogens (tertiary/aromatic N) is 4. The quantitative estimate of drug-likeness (QED) is 0.527. The lowest BCUT2D eigenvalue weighted by Crippen LogP contribution is -2.47. The van der Waals surface area contributed by atoms with E-state index in [0.29, 0.717) is 29.6 Å². The van der Waals surface area contributed by atoms with Crippen LogP contribution in [0, 0.1) is 11.3 Å². The fraction of sp³-hybridized carbons (Fsp3) is 0.474. The van der Waals surface area contributed by atoms with E-state index in [1.807, 2.05) is 13.0 Å². The minimum absolute atomic E-state index is 0.0753. The monoisotopic (exact) mass is 453 g/mol. The highest BCUT2D eigenvalue weighted by Crippen LogP contribution is 2.29. The highest BCUT2D eigenvalue weighted by atomic mass is 32.2. The summed E-state index contributed by atoms with van der Waals surface area (Å²) >= 11 is 0. The van der Waals surface area contributed by atoms with Crippen molar-refractivity contribution >= 4 is 27.6 Å². The molecular formula is C19H25F2N7O2S. The Morgan fingerprint density at radius 3 is 2.90 bits per heavy atom. The maximum absolute atomic E-state index is 12.4. The lowest BCUT2D eigenvalue weighted by atomic mass is 9.90. The van der Waals surface area contributed by atoms with Gasteiger partial charge in [-0.1, -0.05) is 0 Å². The molecule has 0 radical (unpaired) electrons. The molecule has 3 N–H and O–H groups in total. The fourth-order valence-electron chi connectivity index (χ4n) is 3.52. The molecule has 0 saturated carbocycles. The van der Waals surface area contributed by atoms with Gasteiger partial charge >= 0.3 is 0 Å². The van der Waals surface area contributed by atoms with Gasteiger partial charge in [0.15, 0.2) is 0 Å². The molecule has 0 aliphatic carbocycles. The van der Waals surface area contributed by atoms with E-state index >= 15 is 0 Å². The molecule has 0 spiro atoms. The molecule has 31 heavy (non-hydrogen) atoms. The first-order chi connectivity index (χ1) is 14.6. The average molecular weight is 454 g/mol. The molecule has 2 aromatic heterocycles. The molecule has 168 valence electrons. The largest absolute Gasteiger partial charge is 0.353 e. The molecule has 2 aromatic rings. The predicted octanol–water partition coefficient (Wildman–Crippen LogP) is 2.32. The summed E-state index contributed by atoms with van der Waals surface area (Å²) in [7, 11) is -3.25. The predicted molar refractivity (Wildman–Crippen MR) is 115 cm³/mol. The third-order valence-corrected chi connectivity index (χ3v) is 5.92. The topological polar surface area (TPSA) is 128 Å². The Morgan fingerprint density at radius 1 is 1.42 bits per heavy atom. The number of anilines is 1. The van der Waals surface area contributed by atoms with Crippen LogP contribution in [0.25, 0.3) is 17.5 Å². The van der Waals surface area contributed by atoms with Gasteiger partial charge in [0.05, 0.1) is 29.6 Å². The van der Waals surface area contributed by atoms with Crippen LogP contribution >= 0.6 is 0 Å². The maximum atomic E-state index is 12.4. The van der Waals surface area contributed by atoms with Crippen molar-refractivity contribution < 1.29 is 17.2 Å². The van der Waals surface area contributed by atoms with Crippen molar-refractivity contribution in [1.29, 1.82) is 5.41 Å². The Bertz CT molecular complexity index is 1060. The van der Waals surface area contributed by atoms with Crippen LogP contribution in [0.3, 0.4) is 0 Å². The van der Waals surface area contributed by atoms with Gasteiger partial charge in [0, 0.05) is 25.2 Å². The Morgan fingerprint density at radius 2 is 2.19 bits per heavy atom. The summed E-state index contributed by atoms with van der Waals surface area (Å²) in [6.07, 6.45) is 5.44. The number of nitrogens with one attached hydrogen (secondary N) is 3. The van der Waals surface area contributed by atoms with Crippen molar-refractivity contribution in [2.45, 2.75) is 32.2 Å². The van der Waals surface area contributed by atoms with Crippen LogP contribution < -0.4 is 9.62 Å². The highest BCUT2D eigenvalue weighted by molar-refractivity contribution is 7.88. The van der Waals surface area contributed by atoms with Gasteiger partial charge in [-0.05, 0) is 37.8 Å². The van der Waals surface area contributed by atoms with Gasteiger partial charge in [-0.15, -0.1) is 0 Å². The minimum atomic E-state index is -3.25. The summed E-state index contributed by atoms with van der Waals surface area (Å²) in [6, 6.07) is 1.89. The molecule has 1 aliphatic heterocycles. The number of rotatable bonds is 8. The Balaban J connectivity index is 1.75. The number of piperidine rings is 1. The van der Waals surface area contributed by atoms with Crippen molar-refractivity contribution in [1.82, 2.24) is 24.7 Å². The van der Waals surface area contributed by atoms with E-state index in [0.717, 1.165) is 31.7 Å². The Hall–Kier alpha value is -2.73. The number of hydrogen-bond acceptors (Lipinski definition) is 7. The summed E-state index contributed by atoms with van der Waals surface area (Å²) in [5.74, 6) is 1.20. The second-order valence-corrected chi connectivity index (χ2v) is 9.32. The third kappa shape index (κ3) is 6.14. The van der Waals surface area contributed by atoms with E-state index in [1.54, 1.807) is 0 Å². The molecular weight excluding hydrogens is 428 g/mol. The zero-order valence-corrected chi connectivity index (χ0v) is 18.0. The van der Waals surface area contributed by atoms with Gasteiger partial charge in [0.25, 0.3) is 6.43 Å². The second-order valence-electron chi connectivity index (χ2n) is 7.49. The first-order valence-corrected chi connectivity index (χ1v) is 11.7. The van der Waals surface area contributed by atoms with Gasteiger partial charge in [0.1, 0.15) is 18.0 Å². The third-order valence-electron chi connectivity index (χ3n) is 5.23. The molecule has 1 aliphatic rings. The summed E-state index contributed by atoms with van der Waals surface area (Å²) in [5.41, 5.74) is 0.387. The van der Waals surface area contributed by atoms with Crippen molar-refractivity contribution in [3.8, 4) is 11.4 Å². The summed E-state index contributed by atoms with van der Waals surface area (Å²) < 4.78 is 50.3. The summed E-state index contributed by atoms with van der Waals surface area (Å²) in [5, 5.41) is 7.16. The number of alkyl halides is 2. The van der Waals surface area contributed by atoms with E-state index < -0.39 is 22.2 Å². The molecule has 2 atom stereocenters. The molecule has 9 nitrogen and oxygen atoms in total. The second kappa shape index (κ2) is 9.60. The van der Waals surface area contributed by atoms with Crippen LogP contribution in [0.4, 0.5) is 14.6 Å². The number of halogens is 2. The van der Waals surface area contributed by atoms with Crippen LogP contribution in [0.5, 0.6) is 0 Å². The van der Waals surface area contributed by atoms with Crippen molar-refractivity contribution in [2.24, 2.45) is 5.92 Å². The van der Waals surface area contributed by atoms with E-state index in [2.05, 4.69) is 29.6 Å². The number of sulfonamides is 1. The van der Waals surface area contributed by atoms with E-state index in [4.69, 9.17) is 5.41 Å². The number of allylic oxidation sites excluding steroid dienone is 1. The first kappa shape index (κ1) is 22.9.